The molecule has 1 heterocycles. The third-order valence-electron chi connectivity index (χ3n) is 5.94. The maximum Gasteiger partial charge on any atom is 0.336 e. The second-order valence-corrected chi connectivity index (χ2v) is 10.1. The molecule has 0 bridgehead atoms. The zero-order valence-electron chi connectivity index (χ0n) is 21.8. The van der Waals surface area contributed by atoms with E-state index in [1.165, 1.54) is 17.0 Å². The Labute approximate surface area is 249 Å². The number of hydrogen-bond donors (Lipinski definition) is 0. The number of fused-ring (bicyclic) bond motifs is 1. The third-order valence-corrected chi connectivity index (χ3v) is 6.72. The van der Waals surface area contributed by atoms with Crippen LogP contribution >= 0.6 is 27.5 Å². The standard InChI is InChI=1S/C32H23BrClN3O4/c1-2-40-29-19-22(9-17-28(29)41-30(38)18-10-21-7-15-25(34)16-8-21)20-35-37-31(23-11-13-24(33)14-12-23)36-27-6-4-3-5-26(27)32(37)39/h3-20H,2H2,1H3/b18-10+,35-20?. The fourth-order valence-electron chi connectivity index (χ4n) is 3.98. The first kappa shape index (κ1) is 28.0. The zero-order valence-corrected chi connectivity index (χ0v) is 24.2. The van der Waals surface area contributed by atoms with E-state index in [9.17, 15) is 9.59 Å². The molecule has 0 aliphatic carbocycles. The quantitative estimate of drug-likeness (QED) is 0.0775. The fraction of sp³-hybridized carbons (Fsp3) is 0.0625. The first-order valence-electron chi connectivity index (χ1n) is 12.7. The van der Waals surface area contributed by atoms with Gasteiger partial charge in [0.05, 0.1) is 23.7 Å². The minimum Gasteiger partial charge on any atom is -0.490 e. The molecule has 1 aromatic heterocycles. The molecule has 7 nitrogen and oxygen atoms in total. The van der Waals surface area contributed by atoms with Crippen LogP contribution in [0.2, 0.25) is 5.02 Å². The number of hydrogen-bond acceptors (Lipinski definition) is 6. The van der Waals surface area contributed by atoms with Crippen molar-refractivity contribution in [2.24, 2.45) is 5.10 Å². The van der Waals surface area contributed by atoms with E-state index in [-0.39, 0.29) is 11.3 Å². The Hall–Kier alpha value is -4.53. The maximum absolute atomic E-state index is 13.4. The Morgan fingerprint density at radius 3 is 2.46 bits per heavy atom. The topological polar surface area (TPSA) is 82.8 Å². The molecule has 0 saturated carbocycles. The Kier molecular flexibility index (Phi) is 8.72. The Bertz CT molecular complexity index is 1830. The summed E-state index contributed by atoms with van der Waals surface area (Å²) >= 11 is 9.35. The number of carbonyl (C=O) groups is 1. The van der Waals surface area contributed by atoms with Gasteiger partial charge in [-0.15, -0.1) is 0 Å². The first-order chi connectivity index (χ1) is 19.9. The van der Waals surface area contributed by atoms with E-state index >= 15 is 0 Å². The molecular formula is C32H23BrClN3O4. The van der Waals surface area contributed by atoms with Gasteiger partial charge in [0.15, 0.2) is 17.3 Å². The largest absolute Gasteiger partial charge is 0.490 e. The molecule has 4 aromatic carbocycles. The predicted octanol–water partition coefficient (Wildman–Crippen LogP) is 7.38. The summed E-state index contributed by atoms with van der Waals surface area (Å²) in [7, 11) is 0. The van der Waals surface area contributed by atoms with E-state index in [4.69, 9.17) is 26.1 Å². The van der Waals surface area contributed by atoms with Crippen molar-refractivity contribution < 1.29 is 14.3 Å². The number of benzene rings is 4. The van der Waals surface area contributed by atoms with Crippen LogP contribution in [0.15, 0.2) is 111 Å². The summed E-state index contributed by atoms with van der Waals surface area (Å²) in [4.78, 5) is 30.6. The van der Waals surface area contributed by atoms with Crippen LogP contribution in [0.25, 0.3) is 28.4 Å². The first-order valence-corrected chi connectivity index (χ1v) is 13.8. The Morgan fingerprint density at radius 1 is 0.976 bits per heavy atom. The Balaban J connectivity index is 1.45. The lowest BCUT2D eigenvalue weighted by atomic mass is 10.2. The van der Waals surface area contributed by atoms with Gasteiger partial charge in [-0.25, -0.2) is 9.78 Å². The monoisotopic (exact) mass is 627 g/mol. The van der Waals surface area contributed by atoms with Crippen LogP contribution in [0.1, 0.15) is 18.1 Å². The number of para-hydroxylation sites is 1. The number of halogens is 2. The van der Waals surface area contributed by atoms with Gasteiger partial charge >= 0.3 is 5.97 Å². The molecule has 204 valence electrons. The van der Waals surface area contributed by atoms with Crippen molar-refractivity contribution in [2.75, 3.05) is 6.61 Å². The number of aromatic nitrogens is 2. The maximum atomic E-state index is 13.4. The van der Waals surface area contributed by atoms with Gasteiger partial charge in [0, 0.05) is 21.1 Å². The van der Waals surface area contributed by atoms with Gasteiger partial charge < -0.3 is 9.47 Å². The summed E-state index contributed by atoms with van der Waals surface area (Å²) in [5.74, 6) is 0.465. The minimum atomic E-state index is -0.560. The van der Waals surface area contributed by atoms with Crippen LogP contribution in [0.5, 0.6) is 11.5 Å². The van der Waals surface area contributed by atoms with E-state index in [1.54, 1.807) is 66.7 Å². The highest BCUT2D eigenvalue weighted by molar-refractivity contribution is 9.10. The third kappa shape index (κ3) is 6.80. The summed E-state index contributed by atoms with van der Waals surface area (Å²) in [6.45, 7) is 2.19. The second kappa shape index (κ2) is 12.8. The molecule has 0 saturated heterocycles. The molecule has 5 rings (SSSR count). The van der Waals surface area contributed by atoms with Crippen LogP contribution in [0, 0.1) is 0 Å². The Morgan fingerprint density at radius 2 is 1.71 bits per heavy atom. The van der Waals surface area contributed by atoms with Crippen LogP contribution in [0.4, 0.5) is 0 Å². The number of esters is 1. The van der Waals surface area contributed by atoms with Crippen molar-refractivity contribution in [2.45, 2.75) is 6.92 Å². The lowest BCUT2D eigenvalue weighted by Crippen LogP contribution is -2.20. The van der Waals surface area contributed by atoms with Gasteiger partial charge in [0.25, 0.3) is 5.56 Å². The van der Waals surface area contributed by atoms with E-state index < -0.39 is 5.97 Å². The summed E-state index contributed by atoms with van der Waals surface area (Å²) in [5, 5.41) is 5.57. The van der Waals surface area contributed by atoms with Gasteiger partial charge in [-0.3, -0.25) is 4.79 Å². The molecule has 0 aliphatic rings. The summed E-state index contributed by atoms with van der Waals surface area (Å²) in [6, 6.07) is 26.7. The van der Waals surface area contributed by atoms with Crippen molar-refractivity contribution in [1.29, 1.82) is 0 Å². The molecule has 0 fully saturated rings. The summed E-state index contributed by atoms with van der Waals surface area (Å²) in [6.07, 6.45) is 4.50. The van der Waals surface area contributed by atoms with E-state index in [0.717, 1.165) is 15.6 Å². The van der Waals surface area contributed by atoms with Crippen LogP contribution in [0.3, 0.4) is 0 Å². The van der Waals surface area contributed by atoms with Crippen molar-refractivity contribution in [3.05, 3.63) is 128 Å². The highest BCUT2D eigenvalue weighted by Gasteiger charge is 2.13. The molecule has 0 spiro atoms. The smallest absolute Gasteiger partial charge is 0.336 e. The van der Waals surface area contributed by atoms with Crippen molar-refractivity contribution in [3.63, 3.8) is 0 Å². The highest BCUT2D eigenvalue weighted by atomic mass is 79.9. The molecule has 0 aliphatic heterocycles. The normalized spacial score (nSPS) is 11.4. The van der Waals surface area contributed by atoms with E-state index in [2.05, 4.69) is 21.0 Å². The number of ether oxygens (including phenoxy) is 2. The van der Waals surface area contributed by atoms with Gasteiger partial charge in [-0.1, -0.05) is 63.9 Å². The van der Waals surface area contributed by atoms with Gasteiger partial charge in [-0.2, -0.15) is 9.78 Å². The molecular weight excluding hydrogens is 606 g/mol. The average molecular weight is 629 g/mol. The number of carbonyl (C=O) groups excluding carboxylic acids is 1. The van der Waals surface area contributed by atoms with Gasteiger partial charge in [0.1, 0.15) is 0 Å². The van der Waals surface area contributed by atoms with Crippen LogP contribution in [-0.4, -0.2) is 28.5 Å². The number of rotatable bonds is 8. The lowest BCUT2D eigenvalue weighted by Gasteiger charge is -2.11. The average Bonchev–Trinajstić information content (AvgIpc) is 2.98. The van der Waals surface area contributed by atoms with Gasteiger partial charge in [-0.05, 0) is 78.7 Å². The highest BCUT2D eigenvalue weighted by Crippen LogP contribution is 2.29. The minimum absolute atomic E-state index is 0.259. The predicted molar refractivity (Wildman–Crippen MR) is 166 cm³/mol. The second-order valence-electron chi connectivity index (χ2n) is 8.77. The molecule has 0 unspecified atom stereocenters. The van der Waals surface area contributed by atoms with Crippen molar-refractivity contribution in [3.8, 4) is 22.9 Å². The zero-order chi connectivity index (χ0) is 28.8. The summed E-state index contributed by atoms with van der Waals surface area (Å²) < 4.78 is 13.4. The van der Waals surface area contributed by atoms with Crippen molar-refractivity contribution in [1.82, 2.24) is 9.66 Å². The number of nitrogens with zero attached hydrogens (tertiary/aromatic N) is 3. The molecule has 0 N–H and O–H groups in total. The SMILES string of the molecule is CCOc1cc(C=Nn2c(-c3ccc(Br)cc3)nc3ccccc3c2=O)ccc1OC(=O)/C=C/c1ccc(Cl)cc1. The molecule has 5 aromatic rings. The van der Waals surface area contributed by atoms with Gasteiger partial charge in [0.2, 0.25) is 0 Å². The molecule has 9 heteroatoms. The summed E-state index contributed by atoms with van der Waals surface area (Å²) in [5.41, 5.74) is 2.46. The van der Waals surface area contributed by atoms with E-state index in [1.807, 2.05) is 37.3 Å². The fourth-order valence-corrected chi connectivity index (χ4v) is 4.37. The molecule has 0 atom stereocenters. The molecule has 0 amide bonds. The van der Waals surface area contributed by atoms with Crippen molar-refractivity contribution >= 4 is 56.7 Å². The lowest BCUT2D eigenvalue weighted by molar-refractivity contribution is -0.129. The molecule has 0 radical (unpaired) electrons. The molecule has 41 heavy (non-hydrogen) atoms. The van der Waals surface area contributed by atoms with Crippen LogP contribution < -0.4 is 15.0 Å². The van der Waals surface area contributed by atoms with E-state index in [0.29, 0.717) is 39.7 Å². The van der Waals surface area contributed by atoms with Crippen LogP contribution in [-0.2, 0) is 4.79 Å².